The van der Waals surface area contributed by atoms with E-state index in [4.69, 9.17) is 0 Å². The number of para-hydroxylation sites is 1. The molecular formula is C19H27NOS2. The highest BCUT2D eigenvalue weighted by atomic mass is 32.2. The van der Waals surface area contributed by atoms with Crippen LogP contribution in [0.4, 0.5) is 0 Å². The standard InChI is InChI=1S/C19H27NOS2/c1-2-3-4-5-6-7-8-9-10-15-18(21)23-19-20-16-13-11-12-14-17(16)22-19/h11-14H,2-10,15H2,1H3. The summed E-state index contributed by atoms with van der Waals surface area (Å²) in [4.78, 5) is 16.5. The van der Waals surface area contributed by atoms with E-state index in [-0.39, 0.29) is 5.12 Å². The highest BCUT2D eigenvalue weighted by molar-refractivity contribution is 8.15. The number of thioether (sulfide) groups is 1. The zero-order valence-electron chi connectivity index (χ0n) is 14.1. The number of carbonyl (C=O) groups excluding carboxylic acids is 1. The molecule has 1 heterocycles. The molecule has 0 saturated carbocycles. The number of rotatable bonds is 11. The van der Waals surface area contributed by atoms with Gasteiger partial charge in [-0.05, 0) is 30.3 Å². The first-order valence-electron chi connectivity index (χ1n) is 8.86. The van der Waals surface area contributed by atoms with E-state index in [1.807, 2.05) is 18.2 Å². The van der Waals surface area contributed by atoms with E-state index in [2.05, 4.69) is 18.0 Å². The molecule has 2 aromatic rings. The van der Waals surface area contributed by atoms with Crippen LogP contribution in [0.5, 0.6) is 0 Å². The number of nitrogens with zero attached hydrogens (tertiary/aromatic N) is 1. The van der Waals surface area contributed by atoms with Crippen LogP contribution in [-0.4, -0.2) is 10.1 Å². The molecule has 0 unspecified atom stereocenters. The molecule has 126 valence electrons. The third-order valence-electron chi connectivity index (χ3n) is 3.96. The fourth-order valence-electron chi connectivity index (χ4n) is 2.62. The average molecular weight is 350 g/mol. The molecule has 23 heavy (non-hydrogen) atoms. The molecule has 0 N–H and O–H groups in total. The van der Waals surface area contributed by atoms with E-state index < -0.39 is 0 Å². The average Bonchev–Trinajstić information content (AvgIpc) is 2.95. The summed E-state index contributed by atoms with van der Waals surface area (Å²) < 4.78 is 2.04. The SMILES string of the molecule is CCCCCCCCCCCC(=O)Sc1nc2ccccc2s1. The van der Waals surface area contributed by atoms with Gasteiger partial charge in [0.15, 0.2) is 9.45 Å². The highest BCUT2D eigenvalue weighted by Crippen LogP contribution is 2.30. The molecule has 2 rings (SSSR count). The molecule has 0 amide bonds. The molecule has 1 aromatic heterocycles. The zero-order valence-corrected chi connectivity index (χ0v) is 15.7. The number of unbranched alkanes of at least 4 members (excludes halogenated alkanes) is 8. The van der Waals surface area contributed by atoms with Crippen LogP contribution in [0.1, 0.15) is 71.1 Å². The van der Waals surface area contributed by atoms with Gasteiger partial charge in [-0.1, -0.05) is 70.4 Å². The first kappa shape index (κ1) is 18.5. The molecule has 0 spiro atoms. The van der Waals surface area contributed by atoms with Crippen LogP contribution in [0.15, 0.2) is 28.6 Å². The lowest BCUT2D eigenvalue weighted by Gasteiger charge is -2.01. The van der Waals surface area contributed by atoms with Crippen molar-refractivity contribution in [3.05, 3.63) is 24.3 Å². The van der Waals surface area contributed by atoms with Gasteiger partial charge in [-0.15, -0.1) is 11.3 Å². The molecule has 4 heteroatoms. The van der Waals surface area contributed by atoms with E-state index in [1.165, 1.54) is 63.1 Å². The maximum absolute atomic E-state index is 12.0. The fourth-order valence-corrected chi connectivity index (χ4v) is 4.62. The van der Waals surface area contributed by atoms with Crippen molar-refractivity contribution in [2.75, 3.05) is 0 Å². The molecule has 0 bridgehead atoms. The maximum Gasteiger partial charge on any atom is 0.195 e. The van der Waals surface area contributed by atoms with Gasteiger partial charge in [-0.2, -0.15) is 0 Å². The Hall–Kier alpha value is -0.870. The summed E-state index contributed by atoms with van der Waals surface area (Å²) in [6, 6.07) is 8.06. The van der Waals surface area contributed by atoms with Crippen LogP contribution >= 0.6 is 23.1 Å². The molecule has 0 radical (unpaired) electrons. The van der Waals surface area contributed by atoms with Crippen LogP contribution < -0.4 is 0 Å². The molecule has 0 aliphatic rings. The number of fused-ring (bicyclic) bond motifs is 1. The second-order valence-electron chi connectivity index (χ2n) is 6.00. The lowest BCUT2D eigenvalue weighted by atomic mass is 10.1. The monoisotopic (exact) mass is 349 g/mol. The van der Waals surface area contributed by atoms with Crippen LogP contribution in [0.2, 0.25) is 0 Å². The molecule has 0 saturated heterocycles. The van der Waals surface area contributed by atoms with Crippen molar-refractivity contribution < 1.29 is 4.79 Å². The summed E-state index contributed by atoms with van der Waals surface area (Å²) in [7, 11) is 0. The van der Waals surface area contributed by atoms with E-state index in [9.17, 15) is 4.79 Å². The normalized spacial score (nSPS) is 11.2. The number of aromatic nitrogens is 1. The third kappa shape index (κ3) is 7.05. The number of hydrogen-bond donors (Lipinski definition) is 0. The van der Waals surface area contributed by atoms with Gasteiger partial charge in [0.25, 0.3) is 0 Å². The van der Waals surface area contributed by atoms with Crippen molar-refractivity contribution in [3.8, 4) is 0 Å². The van der Waals surface area contributed by atoms with Crippen molar-refractivity contribution in [3.63, 3.8) is 0 Å². The number of hydrogen-bond acceptors (Lipinski definition) is 4. The topological polar surface area (TPSA) is 30.0 Å². The minimum absolute atomic E-state index is 0.256. The van der Waals surface area contributed by atoms with Gasteiger partial charge in [0.1, 0.15) is 0 Å². The summed E-state index contributed by atoms with van der Waals surface area (Å²) in [5.41, 5.74) is 0.996. The Morgan fingerprint density at radius 1 is 1.00 bits per heavy atom. The van der Waals surface area contributed by atoms with Crippen molar-refractivity contribution in [1.29, 1.82) is 0 Å². The van der Waals surface area contributed by atoms with Crippen molar-refractivity contribution >= 4 is 38.4 Å². The molecule has 0 fully saturated rings. The Morgan fingerprint density at radius 3 is 2.35 bits per heavy atom. The van der Waals surface area contributed by atoms with Crippen LogP contribution in [0.3, 0.4) is 0 Å². The minimum atomic E-state index is 0.256. The second kappa shape index (κ2) is 10.8. The Kier molecular flexibility index (Phi) is 8.69. The molecule has 2 nitrogen and oxygen atoms in total. The van der Waals surface area contributed by atoms with Crippen LogP contribution in [-0.2, 0) is 4.79 Å². The number of carbonyl (C=O) groups is 1. The zero-order chi connectivity index (χ0) is 16.3. The van der Waals surface area contributed by atoms with Crippen LogP contribution in [0, 0.1) is 0 Å². The van der Waals surface area contributed by atoms with Gasteiger partial charge in [-0.25, -0.2) is 4.98 Å². The minimum Gasteiger partial charge on any atom is -0.287 e. The highest BCUT2D eigenvalue weighted by Gasteiger charge is 2.09. The largest absolute Gasteiger partial charge is 0.287 e. The van der Waals surface area contributed by atoms with E-state index >= 15 is 0 Å². The van der Waals surface area contributed by atoms with Gasteiger partial charge in [0.05, 0.1) is 10.2 Å². The summed E-state index contributed by atoms with van der Waals surface area (Å²) >= 11 is 2.93. The van der Waals surface area contributed by atoms with Crippen molar-refractivity contribution in [1.82, 2.24) is 4.98 Å². The quantitative estimate of drug-likeness (QED) is 0.329. The van der Waals surface area contributed by atoms with Gasteiger partial charge >= 0.3 is 0 Å². The second-order valence-corrected chi connectivity index (χ2v) is 8.34. The summed E-state index contributed by atoms with van der Waals surface area (Å²) in [6.45, 7) is 2.25. The predicted molar refractivity (Wildman–Crippen MR) is 102 cm³/mol. The van der Waals surface area contributed by atoms with Gasteiger partial charge < -0.3 is 0 Å². The Bertz CT molecular complexity index is 561. The molecule has 0 aliphatic heterocycles. The summed E-state index contributed by atoms with van der Waals surface area (Å²) in [6.07, 6.45) is 12.3. The molecule has 0 atom stereocenters. The lowest BCUT2D eigenvalue weighted by Crippen LogP contribution is -1.91. The Morgan fingerprint density at radius 2 is 1.65 bits per heavy atom. The van der Waals surface area contributed by atoms with E-state index in [1.54, 1.807) is 11.3 Å². The number of thiazole rings is 1. The van der Waals surface area contributed by atoms with Gasteiger partial charge in [0, 0.05) is 6.42 Å². The van der Waals surface area contributed by atoms with Crippen molar-refractivity contribution in [2.24, 2.45) is 0 Å². The fraction of sp³-hybridized carbons (Fsp3) is 0.579. The molecule has 1 aromatic carbocycles. The van der Waals surface area contributed by atoms with Crippen molar-refractivity contribution in [2.45, 2.75) is 75.5 Å². The van der Waals surface area contributed by atoms with E-state index in [0.29, 0.717) is 6.42 Å². The number of benzene rings is 1. The van der Waals surface area contributed by atoms with Crippen LogP contribution in [0.25, 0.3) is 10.2 Å². The maximum atomic E-state index is 12.0. The van der Waals surface area contributed by atoms with Gasteiger partial charge in [-0.3, -0.25) is 4.79 Å². The Balaban J connectivity index is 1.55. The third-order valence-corrected chi connectivity index (χ3v) is 5.99. The smallest absolute Gasteiger partial charge is 0.195 e. The molecule has 0 aliphatic carbocycles. The summed E-state index contributed by atoms with van der Waals surface area (Å²) in [5, 5.41) is 0.256. The first-order chi connectivity index (χ1) is 11.3. The Labute approximate surface area is 148 Å². The van der Waals surface area contributed by atoms with Gasteiger partial charge in [0.2, 0.25) is 0 Å². The lowest BCUT2D eigenvalue weighted by molar-refractivity contribution is -0.111. The predicted octanol–water partition coefficient (Wildman–Crippen LogP) is 6.84. The van der Waals surface area contributed by atoms with E-state index in [0.717, 1.165) is 21.0 Å². The summed E-state index contributed by atoms with van der Waals surface area (Å²) in [5.74, 6) is 0. The first-order valence-corrected chi connectivity index (χ1v) is 10.5. The molecular weight excluding hydrogens is 322 g/mol.